The minimum atomic E-state index is -1.83. The molecule has 2 atom stereocenters. The van der Waals surface area contributed by atoms with Crippen molar-refractivity contribution >= 4 is 11.9 Å². The number of esters is 2. The summed E-state index contributed by atoms with van der Waals surface area (Å²) in [5.41, 5.74) is -4.37. The molecule has 6 heteroatoms. The quantitative estimate of drug-likeness (QED) is 0.421. The van der Waals surface area contributed by atoms with Crippen molar-refractivity contribution in [3.63, 3.8) is 0 Å². The van der Waals surface area contributed by atoms with E-state index in [-0.39, 0.29) is 18.4 Å². The van der Waals surface area contributed by atoms with Crippen LogP contribution in [0.4, 0.5) is 8.78 Å². The van der Waals surface area contributed by atoms with Gasteiger partial charge < -0.3 is 9.47 Å². The summed E-state index contributed by atoms with van der Waals surface area (Å²) in [6.07, 6.45) is 11.1. The molecular formula is C26H42F2O4. The Kier molecular flexibility index (Phi) is 7.32. The molecule has 5 aliphatic rings. The molecule has 0 spiro atoms. The van der Waals surface area contributed by atoms with Crippen molar-refractivity contribution in [3.05, 3.63) is 0 Å². The predicted molar refractivity (Wildman–Crippen MR) is 120 cm³/mol. The third kappa shape index (κ3) is 5.64. The number of alkyl halides is 2. The monoisotopic (exact) mass is 456 g/mol. The maximum Gasteiger partial charge on any atom is 0.344 e. The molecule has 0 aliphatic heterocycles. The summed E-state index contributed by atoms with van der Waals surface area (Å²) < 4.78 is 38.5. The number of hydrogen-bond donors (Lipinski definition) is 0. The van der Waals surface area contributed by atoms with E-state index < -0.39 is 28.9 Å². The Morgan fingerprint density at radius 2 is 1.19 bits per heavy atom. The highest BCUT2D eigenvalue weighted by atomic mass is 19.1. The standard InChI is InChI=1S/C15H23FO2.C11H19FO2/c1-3-14(2,16)13(17)18-15-7-10-4-11(8-15)6-12(5-10)9-15;1-4-11(3,12)9(13)14-10(2)7-5-6-8-10/h10-12H,3-9H2,1-2H3;4-8H2,1-3H3. The van der Waals surface area contributed by atoms with Crippen LogP contribution < -0.4 is 0 Å². The Morgan fingerprint density at radius 1 is 0.812 bits per heavy atom. The first-order chi connectivity index (χ1) is 14.8. The molecule has 5 fully saturated rings. The van der Waals surface area contributed by atoms with E-state index in [1.165, 1.54) is 33.1 Å². The van der Waals surface area contributed by atoms with Gasteiger partial charge in [-0.2, -0.15) is 0 Å². The zero-order valence-electron chi connectivity index (χ0n) is 20.6. The largest absolute Gasteiger partial charge is 0.457 e. The van der Waals surface area contributed by atoms with Crippen LogP contribution >= 0.6 is 0 Å². The fourth-order valence-corrected chi connectivity index (χ4v) is 6.30. The van der Waals surface area contributed by atoms with Crippen molar-refractivity contribution in [1.82, 2.24) is 0 Å². The lowest BCUT2D eigenvalue weighted by molar-refractivity contribution is -0.198. The molecule has 4 bridgehead atoms. The lowest BCUT2D eigenvalue weighted by atomic mass is 9.54. The number of hydrogen-bond acceptors (Lipinski definition) is 4. The molecule has 0 amide bonds. The summed E-state index contributed by atoms with van der Waals surface area (Å²) in [7, 11) is 0. The molecule has 5 aliphatic carbocycles. The van der Waals surface area contributed by atoms with Crippen molar-refractivity contribution in [2.24, 2.45) is 17.8 Å². The van der Waals surface area contributed by atoms with E-state index in [4.69, 9.17) is 9.47 Å². The molecule has 184 valence electrons. The van der Waals surface area contributed by atoms with Gasteiger partial charge in [-0.3, -0.25) is 0 Å². The van der Waals surface area contributed by atoms with Gasteiger partial charge in [0.25, 0.3) is 0 Å². The number of carbonyl (C=O) groups is 2. The first kappa shape index (κ1) is 25.4. The van der Waals surface area contributed by atoms with Gasteiger partial charge in [0.1, 0.15) is 11.2 Å². The lowest BCUT2D eigenvalue weighted by Crippen LogP contribution is -2.54. The normalized spacial score (nSPS) is 35.8. The Morgan fingerprint density at radius 3 is 1.56 bits per heavy atom. The summed E-state index contributed by atoms with van der Waals surface area (Å²) in [4.78, 5) is 23.4. The van der Waals surface area contributed by atoms with Gasteiger partial charge in [-0.1, -0.05) is 13.8 Å². The Hall–Kier alpha value is -1.20. The highest BCUT2D eigenvalue weighted by Crippen LogP contribution is 2.57. The number of carbonyl (C=O) groups excluding carboxylic acids is 2. The molecule has 0 heterocycles. The highest BCUT2D eigenvalue weighted by Gasteiger charge is 2.54. The van der Waals surface area contributed by atoms with Gasteiger partial charge in [-0.15, -0.1) is 0 Å². The van der Waals surface area contributed by atoms with Gasteiger partial charge in [0.15, 0.2) is 0 Å². The third-order valence-electron chi connectivity index (χ3n) is 8.47. The van der Waals surface area contributed by atoms with Gasteiger partial charge >= 0.3 is 11.9 Å². The Bertz CT molecular complexity index is 659. The van der Waals surface area contributed by atoms with E-state index >= 15 is 0 Å². The van der Waals surface area contributed by atoms with Gasteiger partial charge in [0, 0.05) is 0 Å². The van der Waals surface area contributed by atoms with Crippen LogP contribution in [0.2, 0.25) is 0 Å². The molecule has 2 unspecified atom stereocenters. The van der Waals surface area contributed by atoms with Gasteiger partial charge in [-0.05, 0) is 116 Å². The molecule has 0 saturated heterocycles. The second-order valence-corrected chi connectivity index (χ2v) is 11.6. The maximum atomic E-state index is 14.0. The minimum Gasteiger partial charge on any atom is -0.457 e. The van der Waals surface area contributed by atoms with Crippen LogP contribution in [-0.2, 0) is 19.1 Å². The molecule has 4 nitrogen and oxygen atoms in total. The highest BCUT2D eigenvalue weighted by molar-refractivity contribution is 5.79. The van der Waals surface area contributed by atoms with E-state index in [9.17, 15) is 18.4 Å². The molecule has 5 rings (SSSR count). The lowest BCUT2D eigenvalue weighted by Gasteiger charge is -2.56. The van der Waals surface area contributed by atoms with Crippen LogP contribution in [0.5, 0.6) is 0 Å². The Labute approximate surface area is 192 Å². The molecular weight excluding hydrogens is 414 g/mol. The second kappa shape index (κ2) is 9.21. The predicted octanol–water partition coefficient (Wildman–Crippen LogP) is 6.64. The van der Waals surface area contributed by atoms with Crippen LogP contribution in [0.3, 0.4) is 0 Å². The van der Waals surface area contributed by atoms with Crippen LogP contribution in [0, 0.1) is 17.8 Å². The molecule has 32 heavy (non-hydrogen) atoms. The molecule has 0 radical (unpaired) electrons. The van der Waals surface area contributed by atoms with E-state index in [1.807, 2.05) is 6.92 Å². The Balaban J connectivity index is 0.000000188. The zero-order valence-corrected chi connectivity index (χ0v) is 20.6. The van der Waals surface area contributed by atoms with Gasteiger partial charge in [0.05, 0.1) is 0 Å². The average Bonchev–Trinajstić information content (AvgIpc) is 3.13. The van der Waals surface area contributed by atoms with Crippen LogP contribution in [-0.4, -0.2) is 34.5 Å². The minimum absolute atomic E-state index is 0.169. The summed E-state index contributed by atoms with van der Waals surface area (Å²) in [5, 5.41) is 0. The van der Waals surface area contributed by atoms with Crippen LogP contribution in [0.15, 0.2) is 0 Å². The van der Waals surface area contributed by atoms with E-state index in [0.717, 1.165) is 62.7 Å². The van der Waals surface area contributed by atoms with Crippen LogP contribution in [0.1, 0.15) is 112 Å². The molecule has 0 aromatic rings. The van der Waals surface area contributed by atoms with Crippen molar-refractivity contribution in [2.75, 3.05) is 0 Å². The number of ether oxygens (including phenoxy) is 2. The van der Waals surface area contributed by atoms with Gasteiger partial charge in [-0.25, -0.2) is 18.4 Å². The smallest absolute Gasteiger partial charge is 0.344 e. The summed E-state index contributed by atoms with van der Waals surface area (Å²) in [6, 6.07) is 0. The van der Waals surface area contributed by atoms with Crippen molar-refractivity contribution in [3.8, 4) is 0 Å². The van der Waals surface area contributed by atoms with Crippen LogP contribution in [0.25, 0.3) is 0 Å². The third-order valence-corrected chi connectivity index (χ3v) is 8.47. The average molecular weight is 457 g/mol. The van der Waals surface area contributed by atoms with Gasteiger partial charge in [0.2, 0.25) is 11.3 Å². The van der Waals surface area contributed by atoms with Crippen molar-refractivity contribution < 1.29 is 27.8 Å². The maximum absolute atomic E-state index is 14.0. The molecule has 0 N–H and O–H groups in total. The molecule has 0 aromatic heterocycles. The topological polar surface area (TPSA) is 52.6 Å². The second-order valence-electron chi connectivity index (χ2n) is 11.6. The molecule has 0 aromatic carbocycles. The van der Waals surface area contributed by atoms with E-state index in [1.54, 1.807) is 13.8 Å². The summed E-state index contributed by atoms with van der Waals surface area (Å²) >= 11 is 0. The van der Waals surface area contributed by atoms with E-state index in [0.29, 0.717) is 0 Å². The first-order valence-electron chi connectivity index (χ1n) is 12.7. The number of rotatable bonds is 6. The fraction of sp³-hybridized carbons (Fsp3) is 0.923. The van der Waals surface area contributed by atoms with Crippen molar-refractivity contribution in [1.29, 1.82) is 0 Å². The molecule has 5 saturated carbocycles. The van der Waals surface area contributed by atoms with Crippen molar-refractivity contribution in [2.45, 2.75) is 134 Å². The summed E-state index contributed by atoms with van der Waals surface area (Å²) in [5.74, 6) is 0.820. The summed E-state index contributed by atoms with van der Waals surface area (Å²) in [6.45, 7) is 7.87. The fourth-order valence-electron chi connectivity index (χ4n) is 6.30. The van der Waals surface area contributed by atoms with E-state index in [2.05, 4.69) is 0 Å². The first-order valence-corrected chi connectivity index (χ1v) is 12.7. The number of halogens is 2. The zero-order chi connectivity index (χ0) is 23.8. The SMILES string of the molecule is CCC(C)(F)C(=O)OC1(C)CCCC1.CCC(C)(F)C(=O)OC12CC3CC(CC(C3)C1)C2.